The first-order valence-electron chi connectivity index (χ1n) is 6.43. The summed E-state index contributed by atoms with van der Waals surface area (Å²) >= 11 is 0. The third-order valence-electron chi connectivity index (χ3n) is 3.31. The van der Waals surface area contributed by atoms with Crippen molar-refractivity contribution in [1.29, 1.82) is 0 Å². The van der Waals surface area contributed by atoms with Crippen molar-refractivity contribution < 1.29 is 14.3 Å². The van der Waals surface area contributed by atoms with Crippen LogP contribution in [0.2, 0.25) is 0 Å². The minimum atomic E-state index is -0.191. The van der Waals surface area contributed by atoms with E-state index in [9.17, 15) is 4.79 Å². The van der Waals surface area contributed by atoms with Gasteiger partial charge in [0.2, 0.25) is 0 Å². The number of fused-ring (bicyclic) bond motifs is 1. The number of methoxy groups -OCH3 is 2. The van der Waals surface area contributed by atoms with E-state index in [2.05, 4.69) is 4.98 Å². The van der Waals surface area contributed by atoms with Gasteiger partial charge >= 0.3 is 0 Å². The maximum atomic E-state index is 12.7. The van der Waals surface area contributed by atoms with Crippen molar-refractivity contribution in [3.8, 4) is 11.5 Å². The summed E-state index contributed by atoms with van der Waals surface area (Å²) in [5.74, 6) is 0.916. The number of benzene rings is 2. The molecule has 0 unspecified atom stereocenters. The second-order valence-electron chi connectivity index (χ2n) is 4.47. The average molecular weight is 282 g/mol. The van der Waals surface area contributed by atoms with Crippen molar-refractivity contribution in [2.24, 2.45) is 0 Å². The highest BCUT2D eigenvalue weighted by Crippen LogP contribution is 2.26. The van der Waals surface area contributed by atoms with Gasteiger partial charge in [-0.05, 0) is 24.3 Å². The molecule has 0 spiro atoms. The number of nitrogens with zero attached hydrogens (tertiary/aromatic N) is 2. The van der Waals surface area contributed by atoms with Crippen LogP contribution in [0, 0.1) is 0 Å². The Labute approximate surface area is 121 Å². The van der Waals surface area contributed by atoms with Gasteiger partial charge in [-0.25, -0.2) is 4.98 Å². The number of ether oxygens (including phenoxy) is 2. The zero-order chi connectivity index (χ0) is 14.8. The molecule has 0 bridgehead atoms. The lowest BCUT2D eigenvalue weighted by Crippen LogP contribution is -2.12. The Morgan fingerprint density at radius 1 is 1.10 bits per heavy atom. The molecule has 0 aliphatic carbocycles. The maximum Gasteiger partial charge on any atom is 0.267 e. The number of carbonyl (C=O) groups is 1. The Morgan fingerprint density at radius 2 is 1.90 bits per heavy atom. The fourth-order valence-corrected chi connectivity index (χ4v) is 2.23. The highest BCUT2D eigenvalue weighted by Gasteiger charge is 2.17. The second-order valence-corrected chi connectivity index (χ2v) is 4.47. The molecule has 0 atom stereocenters. The fraction of sp³-hybridized carbons (Fsp3) is 0.125. The van der Waals surface area contributed by atoms with E-state index in [1.165, 1.54) is 18.0 Å². The molecular weight excluding hydrogens is 268 g/mol. The standard InChI is InChI=1S/C16H14N2O3/c1-20-11-7-8-12(15(9-11)21-2)16(19)18-10-17-13-5-3-4-6-14(13)18/h3-10H,1-2H3. The van der Waals surface area contributed by atoms with Crippen molar-refractivity contribution in [2.45, 2.75) is 0 Å². The van der Waals surface area contributed by atoms with Gasteiger partial charge in [0.1, 0.15) is 17.8 Å². The summed E-state index contributed by atoms with van der Waals surface area (Å²) in [6.07, 6.45) is 1.52. The lowest BCUT2D eigenvalue weighted by molar-refractivity contribution is 0.0961. The molecule has 0 amide bonds. The molecule has 0 saturated heterocycles. The van der Waals surface area contributed by atoms with E-state index in [4.69, 9.17) is 9.47 Å². The van der Waals surface area contributed by atoms with E-state index < -0.39 is 0 Å². The maximum absolute atomic E-state index is 12.7. The van der Waals surface area contributed by atoms with Crippen LogP contribution in [0.15, 0.2) is 48.8 Å². The van der Waals surface area contributed by atoms with Crippen LogP contribution in [0.25, 0.3) is 11.0 Å². The van der Waals surface area contributed by atoms with Crippen LogP contribution in [0.1, 0.15) is 10.4 Å². The Kier molecular flexibility index (Phi) is 3.31. The van der Waals surface area contributed by atoms with Crippen LogP contribution < -0.4 is 9.47 Å². The first kappa shape index (κ1) is 13.2. The Hall–Kier alpha value is -2.82. The van der Waals surface area contributed by atoms with Crippen LogP contribution in [0.5, 0.6) is 11.5 Å². The molecule has 0 N–H and O–H groups in total. The molecule has 106 valence electrons. The number of carbonyl (C=O) groups excluding carboxylic acids is 1. The quantitative estimate of drug-likeness (QED) is 0.741. The molecule has 0 saturated carbocycles. The number of para-hydroxylation sites is 2. The molecule has 21 heavy (non-hydrogen) atoms. The van der Waals surface area contributed by atoms with E-state index in [1.807, 2.05) is 24.3 Å². The summed E-state index contributed by atoms with van der Waals surface area (Å²) < 4.78 is 11.9. The molecule has 5 nitrogen and oxygen atoms in total. The van der Waals surface area contributed by atoms with Crippen LogP contribution in [0.3, 0.4) is 0 Å². The molecule has 3 aromatic rings. The molecule has 0 aliphatic rings. The highest BCUT2D eigenvalue weighted by atomic mass is 16.5. The van der Waals surface area contributed by atoms with Crippen LogP contribution >= 0.6 is 0 Å². The Morgan fingerprint density at radius 3 is 2.67 bits per heavy atom. The van der Waals surface area contributed by atoms with Crippen molar-refractivity contribution in [1.82, 2.24) is 9.55 Å². The highest BCUT2D eigenvalue weighted by molar-refractivity contribution is 6.03. The van der Waals surface area contributed by atoms with E-state index >= 15 is 0 Å². The smallest absolute Gasteiger partial charge is 0.267 e. The van der Waals surface area contributed by atoms with E-state index in [-0.39, 0.29) is 5.91 Å². The van der Waals surface area contributed by atoms with Crippen LogP contribution in [-0.2, 0) is 0 Å². The van der Waals surface area contributed by atoms with Gasteiger partial charge in [-0.3, -0.25) is 9.36 Å². The summed E-state index contributed by atoms with van der Waals surface area (Å²) in [6, 6.07) is 12.6. The van der Waals surface area contributed by atoms with Crippen LogP contribution in [-0.4, -0.2) is 29.7 Å². The molecule has 0 aliphatic heterocycles. The molecule has 5 heteroatoms. The van der Waals surface area contributed by atoms with Gasteiger partial charge in [-0.2, -0.15) is 0 Å². The minimum absolute atomic E-state index is 0.191. The SMILES string of the molecule is COc1ccc(C(=O)n2cnc3ccccc32)c(OC)c1. The minimum Gasteiger partial charge on any atom is -0.497 e. The van der Waals surface area contributed by atoms with E-state index in [0.29, 0.717) is 17.1 Å². The van der Waals surface area contributed by atoms with Crippen LogP contribution in [0.4, 0.5) is 0 Å². The largest absolute Gasteiger partial charge is 0.497 e. The number of aromatic nitrogens is 2. The summed E-state index contributed by atoms with van der Waals surface area (Å²) in [6.45, 7) is 0. The zero-order valence-corrected chi connectivity index (χ0v) is 11.7. The normalized spacial score (nSPS) is 10.6. The fourth-order valence-electron chi connectivity index (χ4n) is 2.23. The van der Waals surface area contributed by atoms with Gasteiger partial charge in [-0.15, -0.1) is 0 Å². The summed E-state index contributed by atoms with van der Waals surface area (Å²) in [4.78, 5) is 16.9. The van der Waals surface area contributed by atoms with Gasteiger partial charge in [0.15, 0.2) is 0 Å². The molecule has 3 rings (SSSR count). The third kappa shape index (κ3) is 2.23. The number of hydrogen-bond acceptors (Lipinski definition) is 4. The molecular formula is C16H14N2O3. The monoisotopic (exact) mass is 282 g/mol. The Bertz CT molecular complexity index is 808. The zero-order valence-electron chi connectivity index (χ0n) is 11.7. The van der Waals surface area contributed by atoms with Crippen molar-refractivity contribution in [3.63, 3.8) is 0 Å². The number of hydrogen-bond donors (Lipinski definition) is 0. The lowest BCUT2D eigenvalue weighted by atomic mass is 10.1. The molecule has 1 heterocycles. The summed E-state index contributed by atoms with van der Waals surface area (Å²) in [5, 5.41) is 0. The lowest BCUT2D eigenvalue weighted by Gasteiger charge is -2.10. The number of imidazole rings is 1. The second kappa shape index (κ2) is 5.28. The van der Waals surface area contributed by atoms with Gasteiger partial charge in [0.25, 0.3) is 5.91 Å². The topological polar surface area (TPSA) is 53.4 Å². The summed E-state index contributed by atoms with van der Waals surface area (Å²) in [7, 11) is 3.09. The molecule has 1 aromatic heterocycles. The molecule has 2 aromatic carbocycles. The Balaban J connectivity index is 2.10. The van der Waals surface area contributed by atoms with Crippen molar-refractivity contribution in [3.05, 3.63) is 54.4 Å². The van der Waals surface area contributed by atoms with Gasteiger partial charge in [0.05, 0.1) is 30.8 Å². The predicted octanol–water partition coefficient (Wildman–Crippen LogP) is 2.74. The number of rotatable bonds is 3. The predicted molar refractivity (Wildman–Crippen MR) is 79.0 cm³/mol. The van der Waals surface area contributed by atoms with Crippen molar-refractivity contribution in [2.75, 3.05) is 14.2 Å². The van der Waals surface area contributed by atoms with E-state index in [1.54, 1.807) is 25.3 Å². The summed E-state index contributed by atoms with van der Waals surface area (Å²) in [5.41, 5.74) is 2.00. The average Bonchev–Trinajstić information content (AvgIpc) is 2.97. The molecule has 0 radical (unpaired) electrons. The van der Waals surface area contributed by atoms with Gasteiger partial charge in [0, 0.05) is 6.07 Å². The van der Waals surface area contributed by atoms with E-state index in [0.717, 1.165) is 11.0 Å². The first-order valence-corrected chi connectivity index (χ1v) is 6.43. The van der Waals surface area contributed by atoms with Gasteiger partial charge < -0.3 is 9.47 Å². The molecule has 0 fully saturated rings. The third-order valence-corrected chi connectivity index (χ3v) is 3.31. The first-order chi connectivity index (χ1) is 10.2. The van der Waals surface area contributed by atoms with Crippen molar-refractivity contribution >= 4 is 16.9 Å². The van der Waals surface area contributed by atoms with Gasteiger partial charge in [-0.1, -0.05) is 12.1 Å².